The van der Waals surface area contributed by atoms with Crippen molar-refractivity contribution in [2.75, 3.05) is 0 Å². The average molecular weight is 226 g/mol. The largest absolute Gasteiger partial charge is 0.0802 e. The van der Waals surface area contributed by atoms with Crippen molar-refractivity contribution in [3.63, 3.8) is 0 Å². The minimum Gasteiger partial charge on any atom is -0.0802 e. The molecule has 0 amide bonds. The van der Waals surface area contributed by atoms with Crippen LogP contribution in [0.3, 0.4) is 0 Å². The van der Waals surface area contributed by atoms with Crippen LogP contribution in [0.15, 0.2) is 58.7 Å². The zero-order valence-electron chi connectivity index (χ0n) is 11.2. The third kappa shape index (κ3) is 2.52. The Morgan fingerprint density at radius 1 is 0.941 bits per heavy atom. The number of fused-ring (bicyclic) bond motifs is 1. The topological polar surface area (TPSA) is 0 Å². The second-order valence-electron chi connectivity index (χ2n) is 4.75. The molecule has 4 rings (SSSR count). The fourth-order valence-electron chi connectivity index (χ4n) is 2.71. The Morgan fingerprint density at radius 3 is 2.53 bits per heavy atom. The first-order valence-electron chi connectivity index (χ1n) is 6.77. The zero-order valence-corrected chi connectivity index (χ0v) is 11.2. The minimum atomic E-state index is 0.724. The van der Waals surface area contributed by atoms with Gasteiger partial charge in [0.25, 0.3) is 0 Å². The predicted octanol–water partition coefficient (Wildman–Crippen LogP) is 5.12. The summed E-state index contributed by atoms with van der Waals surface area (Å²) in [6, 6.07) is 0. The maximum atomic E-state index is 2.38. The molecule has 0 N–H and O–H groups in total. The normalized spacial score (nSPS) is 27.1. The summed E-state index contributed by atoms with van der Waals surface area (Å²) in [5.41, 5.74) is 6.04. The minimum absolute atomic E-state index is 0.724. The van der Waals surface area contributed by atoms with Crippen molar-refractivity contribution >= 4 is 0 Å². The molecule has 17 heavy (non-hydrogen) atoms. The Labute approximate surface area is 105 Å². The molecule has 0 aromatic rings. The maximum absolute atomic E-state index is 2.38. The van der Waals surface area contributed by atoms with Crippen LogP contribution in [-0.4, -0.2) is 0 Å². The van der Waals surface area contributed by atoms with Crippen LogP contribution in [0.2, 0.25) is 0 Å². The van der Waals surface area contributed by atoms with Crippen LogP contribution in [0.1, 0.15) is 40.0 Å². The van der Waals surface area contributed by atoms with E-state index < -0.39 is 0 Å². The Balaban J connectivity index is 0.000000514. The molecule has 0 saturated heterocycles. The second-order valence-corrected chi connectivity index (χ2v) is 4.75. The van der Waals surface area contributed by atoms with Crippen LogP contribution in [0.5, 0.6) is 0 Å². The SMILES string of the molecule is CC.CC1=C2C=CC(C1)CC1=C(/C=C\2)CC=C1. The molecule has 0 fully saturated rings. The first kappa shape index (κ1) is 12.2. The van der Waals surface area contributed by atoms with E-state index in [-0.39, 0.29) is 0 Å². The van der Waals surface area contributed by atoms with Gasteiger partial charge in [0.05, 0.1) is 0 Å². The molecule has 0 heterocycles. The summed E-state index contributed by atoms with van der Waals surface area (Å²) in [6.07, 6.45) is 17.5. The Hall–Kier alpha value is -1.30. The van der Waals surface area contributed by atoms with Gasteiger partial charge < -0.3 is 0 Å². The van der Waals surface area contributed by atoms with E-state index in [0.717, 1.165) is 12.3 Å². The van der Waals surface area contributed by atoms with Crippen LogP contribution in [0.4, 0.5) is 0 Å². The molecule has 0 saturated carbocycles. The Morgan fingerprint density at radius 2 is 1.76 bits per heavy atom. The van der Waals surface area contributed by atoms with Crippen LogP contribution in [-0.2, 0) is 0 Å². The summed E-state index contributed by atoms with van der Waals surface area (Å²) >= 11 is 0. The molecule has 0 aromatic carbocycles. The average Bonchev–Trinajstić information content (AvgIpc) is 2.80. The summed E-state index contributed by atoms with van der Waals surface area (Å²) < 4.78 is 0. The molecule has 0 spiro atoms. The van der Waals surface area contributed by atoms with Gasteiger partial charge in [-0.1, -0.05) is 55.9 Å². The smallest absolute Gasteiger partial charge is 0.00915 e. The number of allylic oxidation sites excluding steroid dienone is 10. The molecular weight excluding hydrogens is 204 g/mol. The molecule has 0 nitrogen and oxygen atoms in total. The highest BCUT2D eigenvalue weighted by molar-refractivity contribution is 5.48. The standard InChI is InChI=1S/C15H16.C2H6/c1-11-9-12-5-6-13(11)7-8-14-3-2-4-15(14)10-12;1-2/h2,4-8,12H,3,9-10H2,1H3;1-2H3/b8-7-;. The lowest BCUT2D eigenvalue weighted by atomic mass is 9.87. The zero-order chi connectivity index (χ0) is 12.3. The Kier molecular flexibility index (Phi) is 3.83. The fraction of sp³-hybridized carbons (Fsp3) is 0.412. The van der Waals surface area contributed by atoms with Gasteiger partial charge in [0.15, 0.2) is 0 Å². The van der Waals surface area contributed by atoms with E-state index in [2.05, 4.69) is 43.4 Å². The molecule has 0 radical (unpaired) electrons. The highest BCUT2D eigenvalue weighted by Gasteiger charge is 2.18. The van der Waals surface area contributed by atoms with Gasteiger partial charge >= 0.3 is 0 Å². The first-order chi connectivity index (χ1) is 8.33. The van der Waals surface area contributed by atoms with Crippen molar-refractivity contribution in [3.8, 4) is 0 Å². The second kappa shape index (κ2) is 5.35. The third-order valence-electron chi connectivity index (χ3n) is 3.62. The predicted molar refractivity (Wildman–Crippen MR) is 75.8 cm³/mol. The number of hydrogen-bond acceptors (Lipinski definition) is 0. The summed E-state index contributed by atoms with van der Waals surface area (Å²) in [6.45, 7) is 6.27. The Bertz CT molecular complexity index is 439. The maximum Gasteiger partial charge on any atom is -0.00915 e. The van der Waals surface area contributed by atoms with Crippen LogP contribution in [0.25, 0.3) is 0 Å². The van der Waals surface area contributed by atoms with Crippen molar-refractivity contribution in [2.45, 2.75) is 40.0 Å². The molecule has 1 atom stereocenters. The van der Waals surface area contributed by atoms with Crippen LogP contribution < -0.4 is 0 Å². The highest BCUT2D eigenvalue weighted by atomic mass is 14.2. The van der Waals surface area contributed by atoms with Gasteiger partial charge in [0, 0.05) is 0 Å². The van der Waals surface area contributed by atoms with E-state index in [0.29, 0.717) is 0 Å². The van der Waals surface area contributed by atoms with Gasteiger partial charge in [0.2, 0.25) is 0 Å². The van der Waals surface area contributed by atoms with Crippen LogP contribution >= 0.6 is 0 Å². The summed E-state index contributed by atoms with van der Waals surface area (Å²) in [7, 11) is 0. The molecule has 2 bridgehead atoms. The number of hydrogen-bond donors (Lipinski definition) is 0. The lowest BCUT2D eigenvalue weighted by Gasteiger charge is -2.18. The van der Waals surface area contributed by atoms with Crippen molar-refractivity contribution in [1.82, 2.24) is 0 Å². The van der Waals surface area contributed by atoms with E-state index in [9.17, 15) is 0 Å². The van der Waals surface area contributed by atoms with Crippen LogP contribution in [0, 0.1) is 5.92 Å². The van der Waals surface area contributed by atoms with Gasteiger partial charge in [0.1, 0.15) is 0 Å². The van der Waals surface area contributed by atoms with Crippen molar-refractivity contribution in [1.29, 1.82) is 0 Å². The van der Waals surface area contributed by atoms with Crippen molar-refractivity contribution < 1.29 is 0 Å². The van der Waals surface area contributed by atoms with Gasteiger partial charge in [-0.05, 0) is 48.8 Å². The molecular formula is C17H22. The molecule has 0 aliphatic heterocycles. The number of rotatable bonds is 0. The lowest BCUT2D eigenvalue weighted by molar-refractivity contribution is 0.632. The van der Waals surface area contributed by atoms with Gasteiger partial charge in [-0.15, -0.1) is 0 Å². The third-order valence-corrected chi connectivity index (χ3v) is 3.62. The van der Waals surface area contributed by atoms with Gasteiger partial charge in [-0.25, -0.2) is 0 Å². The van der Waals surface area contributed by atoms with Gasteiger partial charge in [-0.2, -0.15) is 0 Å². The monoisotopic (exact) mass is 226 g/mol. The van der Waals surface area contributed by atoms with Crippen molar-refractivity contribution in [2.24, 2.45) is 5.92 Å². The van der Waals surface area contributed by atoms with E-state index in [1.54, 1.807) is 11.1 Å². The molecule has 90 valence electrons. The fourth-order valence-corrected chi connectivity index (χ4v) is 2.71. The summed E-state index contributed by atoms with van der Waals surface area (Å²) in [4.78, 5) is 0. The van der Waals surface area contributed by atoms with E-state index in [1.165, 1.54) is 24.0 Å². The lowest BCUT2D eigenvalue weighted by Crippen LogP contribution is -2.03. The summed E-state index contributed by atoms with van der Waals surface area (Å²) in [5, 5.41) is 0. The van der Waals surface area contributed by atoms with E-state index in [4.69, 9.17) is 0 Å². The molecule has 0 heteroatoms. The van der Waals surface area contributed by atoms with E-state index >= 15 is 0 Å². The molecule has 4 aliphatic rings. The molecule has 4 aliphatic carbocycles. The first-order valence-corrected chi connectivity index (χ1v) is 6.77. The summed E-state index contributed by atoms with van der Waals surface area (Å²) in [5.74, 6) is 0.724. The highest BCUT2D eigenvalue weighted by Crippen LogP contribution is 2.34. The van der Waals surface area contributed by atoms with Crippen molar-refractivity contribution in [3.05, 3.63) is 58.7 Å². The quantitative estimate of drug-likeness (QED) is 0.537. The van der Waals surface area contributed by atoms with E-state index in [1.807, 2.05) is 13.8 Å². The van der Waals surface area contributed by atoms with Gasteiger partial charge in [-0.3, -0.25) is 0 Å². The molecule has 0 aromatic heterocycles. The molecule has 1 unspecified atom stereocenters.